The first-order valence-corrected chi connectivity index (χ1v) is 4.48. The molecule has 13 heavy (non-hydrogen) atoms. The van der Waals surface area contributed by atoms with Gasteiger partial charge < -0.3 is 9.47 Å². The Labute approximate surface area is 76.8 Å². The Morgan fingerprint density at radius 3 is 2.69 bits per heavy atom. The fraction of sp³-hybridized carbons (Fsp3) is 0.273. The maximum Gasteiger partial charge on any atom is 0.208 e. The van der Waals surface area contributed by atoms with Gasteiger partial charge in [0.15, 0.2) is 0 Å². The van der Waals surface area contributed by atoms with Gasteiger partial charge in [-0.25, -0.2) is 0 Å². The van der Waals surface area contributed by atoms with Gasteiger partial charge in [0.1, 0.15) is 0 Å². The smallest absolute Gasteiger partial charge is 0.208 e. The molecule has 0 amide bonds. The van der Waals surface area contributed by atoms with Gasteiger partial charge in [0, 0.05) is 0 Å². The topological polar surface area (TPSA) is 18.5 Å². The minimum absolute atomic E-state index is 0.0230. The van der Waals surface area contributed by atoms with Crippen molar-refractivity contribution in [3.05, 3.63) is 48.2 Å². The van der Waals surface area contributed by atoms with E-state index in [9.17, 15) is 0 Å². The number of hydrogen-bond donors (Lipinski definition) is 0. The normalized spacial score (nSPS) is 34.9. The van der Waals surface area contributed by atoms with Crippen molar-refractivity contribution in [1.29, 1.82) is 0 Å². The van der Waals surface area contributed by atoms with Crippen LogP contribution in [0.5, 0.6) is 0 Å². The number of rotatable bonds is 1. The lowest BCUT2D eigenvalue weighted by Crippen LogP contribution is -2.39. The Hall–Kier alpha value is -1.28. The number of benzene rings is 1. The molecule has 0 aromatic heterocycles. The first kappa shape index (κ1) is 7.15. The van der Waals surface area contributed by atoms with Gasteiger partial charge in [-0.15, -0.1) is 0 Å². The van der Waals surface area contributed by atoms with Crippen molar-refractivity contribution in [2.24, 2.45) is 5.92 Å². The molecule has 2 heterocycles. The summed E-state index contributed by atoms with van der Waals surface area (Å²) in [5, 5.41) is 0. The Bertz CT molecular complexity index is 331. The van der Waals surface area contributed by atoms with Gasteiger partial charge in [0.2, 0.25) is 6.29 Å². The third-order valence-electron chi connectivity index (χ3n) is 2.59. The summed E-state index contributed by atoms with van der Waals surface area (Å²) < 4.78 is 10.8. The molecule has 1 fully saturated rings. The highest BCUT2D eigenvalue weighted by molar-refractivity contribution is 5.23. The standard InChI is InChI=1S/C11H10O2/c1-2-4-8(5-3-1)10-9-6-7-12-11(9)13-10/h1-7,9-11H/t9-,10-,11+/m1/s1. The Kier molecular flexibility index (Phi) is 1.43. The fourth-order valence-corrected chi connectivity index (χ4v) is 1.85. The SMILES string of the molecule is C1=C[C@H]2[C@@H](O1)O[C@@H]2c1ccccc1. The van der Waals surface area contributed by atoms with Gasteiger partial charge in [-0.3, -0.25) is 0 Å². The molecule has 2 nitrogen and oxygen atoms in total. The lowest BCUT2D eigenvalue weighted by Gasteiger charge is -2.38. The van der Waals surface area contributed by atoms with Crippen LogP contribution < -0.4 is 0 Å². The van der Waals surface area contributed by atoms with Gasteiger partial charge in [-0.2, -0.15) is 0 Å². The van der Waals surface area contributed by atoms with Gasteiger partial charge >= 0.3 is 0 Å². The Balaban J connectivity index is 1.85. The molecular formula is C11H10O2. The molecule has 2 aliphatic rings. The van der Waals surface area contributed by atoms with Crippen molar-refractivity contribution in [1.82, 2.24) is 0 Å². The van der Waals surface area contributed by atoms with Crippen molar-refractivity contribution in [2.75, 3.05) is 0 Å². The molecule has 0 bridgehead atoms. The molecule has 1 saturated heterocycles. The van der Waals surface area contributed by atoms with Crippen LogP contribution in [0.2, 0.25) is 0 Å². The molecule has 0 N–H and O–H groups in total. The van der Waals surface area contributed by atoms with E-state index in [-0.39, 0.29) is 12.4 Å². The summed E-state index contributed by atoms with van der Waals surface area (Å²) in [5.41, 5.74) is 1.24. The quantitative estimate of drug-likeness (QED) is 0.650. The van der Waals surface area contributed by atoms with Gasteiger partial charge in [0.25, 0.3) is 0 Å². The van der Waals surface area contributed by atoms with Crippen LogP contribution >= 0.6 is 0 Å². The summed E-state index contributed by atoms with van der Waals surface area (Å²) in [7, 11) is 0. The highest BCUT2D eigenvalue weighted by Crippen LogP contribution is 2.45. The Morgan fingerprint density at radius 1 is 1.08 bits per heavy atom. The average Bonchev–Trinajstić information content (AvgIpc) is 2.50. The second kappa shape index (κ2) is 2.60. The molecule has 0 spiro atoms. The summed E-state index contributed by atoms with van der Waals surface area (Å²) in [4.78, 5) is 0. The second-order valence-electron chi connectivity index (χ2n) is 3.38. The Morgan fingerprint density at radius 2 is 1.92 bits per heavy atom. The third kappa shape index (κ3) is 0.988. The molecule has 0 aliphatic carbocycles. The summed E-state index contributed by atoms with van der Waals surface area (Å²) in [6.07, 6.45) is 3.99. The van der Waals surface area contributed by atoms with E-state index < -0.39 is 0 Å². The van der Waals surface area contributed by atoms with E-state index in [4.69, 9.17) is 9.47 Å². The maximum absolute atomic E-state index is 5.56. The van der Waals surface area contributed by atoms with Crippen molar-refractivity contribution >= 4 is 0 Å². The van der Waals surface area contributed by atoms with Crippen LogP contribution in [0, 0.1) is 5.92 Å². The van der Waals surface area contributed by atoms with Crippen molar-refractivity contribution < 1.29 is 9.47 Å². The number of hydrogen-bond acceptors (Lipinski definition) is 2. The molecule has 2 aliphatic heterocycles. The van der Waals surface area contributed by atoms with E-state index in [0.717, 1.165) is 0 Å². The first-order valence-electron chi connectivity index (χ1n) is 4.48. The van der Waals surface area contributed by atoms with Crippen molar-refractivity contribution in [2.45, 2.75) is 12.4 Å². The van der Waals surface area contributed by atoms with Crippen LogP contribution in [0.25, 0.3) is 0 Å². The highest BCUT2D eigenvalue weighted by atomic mass is 16.7. The molecule has 1 aromatic carbocycles. The zero-order valence-corrected chi connectivity index (χ0v) is 7.09. The lowest BCUT2D eigenvalue weighted by molar-refractivity contribution is -0.257. The zero-order valence-electron chi connectivity index (χ0n) is 7.09. The predicted molar refractivity (Wildman–Crippen MR) is 47.8 cm³/mol. The number of ether oxygens (including phenoxy) is 2. The molecule has 66 valence electrons. The van der Waals surface area contributed by atoms with E-state index in [1.807, 2.05) is 18.2 Å². The average molecular weight is 174 g/mol. The monoisotopic (exact) mass is 174 g/mol. The van der Waals surface area contributed by atoms with Crippen LogP contribution in [0.15, 0.2) is 42.7 Å². The summed E-state index contributed by atoms with van der Waals surface area (Å²) >= 11 is 0. The summed E-state index contributed by atoms with van der Waals surface area (Å²) in [6, 6.07) is 10.3. The van der Waals surface area contributed by atoms with E-state index in [0.29, 0.717) is 5.92 Å². The first-order chi connectivity index (χ1) is 6.45. The van der Waals surface area contributed by atoms with Gasteiger partial charge in [-0.05, 0) is 11.6 Å². The van der Waals surface area contributed by atoms with E-state index in [1.165, 1.54) is 5.56 Å². The van der Waals surface area contributed by atoms with Crippen molar-refractivity contribution in [3.63, 3.8) is 0 Å². The molecule has 0 radical (unpaired) electrons. The fourth-order valence-electron chi connectivity index (χ4n) is 1.85. The minimum atomic E-state index is -0.0230. The second-order valence-corrected chi connectivity index (χ2v) is 3.38. The molecule has 2 heteroatoms. The number of fused-ring (bicyclic) bond motifs is 1. The third-order valence-corrected chi connectivity index (χ3v) is 2.59. The van der Waals surface area contributed by atoms with Crippen LogP contribution in [-0.2, 0) is 9.47 Å². The van der Waals surface area contributed by atoms with Gasteiger partial charge in [-0.1, -0.05) is 30.3 Å². The van der Waals surface area contributed by atoms with Crippen LogP contribution in [0.1, 0.15) is 11.7 Å². The van der Waals surface area contributed by atoms with Crippen molar-refractivity contribution in [3.8, 4) is 0 Å². The van der Waals surface area contributed by atoms with Gasteiger partial charge in [0.05, 0.1) is 18.3 Å². The van der Waals surface area contributed by atoms with Crippen LogP contribution in [0.3, 0.4) is 0 Å². The molecule has 3 rings (SSSR count). The molecule has 1 aromatic rings. The van der Waals surface area contributed by atoms with E-state index in [1.54, 1.807) is 6.26 Å². The lowest BCUT2D eigenvalue weighted by atomic mass is 9.91. The van der Waals surface area contributed by atoms with E-state index in [2.05, 4.69) is 18.2 Å². The maximum atomic E-state index is 5.56. The minimum Gasteiger partial charge on any atom is -0.472 e. The predicted octanol–water partition coefficient (Wildman–Crippen LogP) is 2.24. The molecule has 0 unspecified atom stereocenters. The summed E-state index contributed by atoms with van der Waals surface area (Å²) in [6.45, 7) is 0. The zero-order chi connectivity index (χ0) is 8.67. The molecular weight excluding hydrogens is 164 g/mol. The summed E-state index contributed by atoms with van der Waals surface area (Å²) in [5.74, 6) is 0.419. The highest BCUT2D eigenvalue weighted by Gasteiger charge is 2.45. The van der Waals surface area contributed by atoms with Crippen LogP contribution in [0.4, 0.5) is 0 Å². The molecule has 0 saturated carbocycles. The van der Waals surface area contributed by atoms with Crippen LogP contribution in [-0.4, -0.2) is 6.29 Å². The van der Waals surface area contributed by atoms with E-state index >= 15 is 0 Å². The largest absolute Gasteiger partial charge is 0.472 e. The molecule has 3 atom stereocenters.